The summed E-state index contributed by atoms with van der Waals surface area (Å²) in [6, 6.07) is 11.7. The number of benzene rings is 1. The van der Waals surface area contributed by atoms with E-state index >= 15 is 0 Å². The van der Waals surface area contributed by atoms with Gasteiger partial charge in [0, 0.05) is 18.8 Å². The number of hydrogen-bond acceptors (Lipinski definition) is 4. The SMILES string of the molecule is CCCCCNc1ccc(C(=O)N2CCCc3ccccc32)nn1. The fourth-order valence-electron chi connectivity index (χ4n) is 3.01. The number of carbonyl (C=O) groups is 1. The van der Waals surface area contributed by atoms with Gasteiger partial charge in [-0.25, -0.2) is 0 Å². The molecule has 0 unspecified atom stereocenters. The summed E-state index contributed by atoms with van der Waals surface area (Å²) in [6.07, 6.45) is 5.51. The molecule has 3 rings (SSSR count). The Bertz CT molecular complexity index is 684. The lowest BCUT2D eigenvalue weighted by Crippen LogP contribution is -2.36. The number of fused-ring (bicyclic) bond motifs is 1. The zero-order chi connectivity index (χ0) is 16.8. The van der Waals surface area contributed by atoms with Crippen molar-refractivity contribution in [1.82, 2.24) is 10.2 Å². The molecule has 1 aliphatic rings. The number of rotatable bonds is 6. The first-order valence-corrected chi connectivity index (χ1v) is 8.77. The number of nitrogens with zero attached hydrogens (tertiary/aromatic N) is 3. The van der Waals surface area contributed by atoms with Crippen LogP contribution in [0.3, 0.4) is 0 Å². The second kappa shape index (κ2) is 7.90. The van der Waals surface area contributed by atoms with Crippen molar-refractivity contribution < 1.29 is 4.79 Å². The maximum atomic E-state index is 12.8. The Labute approximate surface area is 143 Å². The number of aryl methyl sites for hydroxylation is 1. The van der Waals surface area contributed by atoms with Crippen LogP contribution in [0.4, 0.5) is 11.5 Å². The second-order valence-corrected chi connectivity index (χ2v) is 6.13. The Hall–Kier alpha value is -2.43. The molecule has 1 aliphatic heterocycles. The quantitative estimate of drug-likeness (QED) is 0.824. The molecule has 1 aromatic heterocycles. The van der Waals surface area contributed by atoms with Gasteiger partial charge in [-0.2, -0.15) is 0 Å². The molecule has 2 aromatic rings. The van der Waals surface area contributed by atoms with E-state index in [1.807, 2.05) is 29.2 Å². The van der Waals surface area contributed by atoms with Crippen LogP contribution in [0, 0.1) is 0 Å². The minimum Gasteiger partial charge on any atom is -0.369 e. The Balaban J connectivity index is 1.68. The van der Waals surface area contributed by atoms with E-state index in [9.17, 15) is 4.79 Å². The van der Waals surface area contributed by atoms with Crippen LogP contribution >= 0.6 is 0 Å². The number of carbonyl (C=O) groups excluding carboxylic acids is 1. The van der Waals surface area contributed by atoms with Gasteiger partial charge in [0.15, 0.2) is 5.69 Å². The minimum atomic E-state index is -0.0767. The average molecular weight is 324 g/mol. The lowest BCUT2D eigenvalue weighted by atomic mass is 10.0. The fourth-order valence-corrected chi connectivity index (χ4v) is 3.01. The van der Waals surface area contributed by atoms with Crippen LogP contribution in [0.5, 0.6) is 0 Å². The van der Waals surface area contributed by atoms with Crippen molar-refractivity contribution in [2.45, 2.75) is 39.0 Å². The number of para-hydroxylation sites is 1. The molecule has 0 spiro atoms. The van der Waals surface area contributed by atoms with Gasteiger partial charge in [-0.15, -0.1) is 10.2 Å². The zero-order valence-corrected chi connectivity index (χ0v) is 14.2. The van der Waals surface area contributed by atoms with Gasteiger partial charge in [0.25, 0.3) is 5.91 Å². The van der Waals surface area contributed by atoms with Gasteiger partial charge in [0.1, 0.15) is 5.82 Å². The Kier molecular flexibility index (Phi) is 5.41. The van der Waals surface area contributed by atoms with Crippen LogP contribution in [0.25, 0.3) is 0 Å². The zero-order valence-electron chi connectivity index (χ0n) is 14.2. The molecular formula is C19H24N4O. The lowest BCUT2D eigenvalue weighted by Gasteiger charge is -2.29. The highest BCUT2D eigenvalue weighted by Gasteiger charge is 2.24. The largest absolute Gasteiger partial charge is 0.369 e. The number of aromatic nitrogens is 2. The third-order valence-electron chi connectivity index (χ3n) is 4.33. The van der Waals surface area contributed by atoms with Crippen molar-refractivity contribution in [2.24, 2.45) is 0 Å². The Morgan fingerprint density at radius 1 is 1.17 bits per heavy atom. The number of anilines is 2. The van der Waals surface area contributed by atoms with Gasteiger partial charge >= 0.3 is 0 Å². The Morgan fingerprint density at radius 3 is 2.83 bits per heavy atom. The number of nitrogens with one attached hydrogen (secondary N) is 1. The van der Waals surface area contributed by atoms with E-state index in [1.54, 1.807) is 6.07 Å². The smallest absolute Gasteiger partial charge is 0.278 e. The highest BCUT2D eigenvalue weighted by atomic mass is 16.2. The minimum absolute atomic E-state index is 0.0767. The van der Waals surface area contributed by atoms with E-state index < -0.39 is 0 Å². The van der Waals surface area contributed by atoms with Crippen LogP contribution in [0.15, 0.2) is 36.4 Å². The normalized spacial score (nSPS) is 13.5. The summed E-state index contributed by atoms with van der Waals surface area (Å²) >= 11 is 0. The highest BCUT2D eigenvalue weighted by molar-refractivity contribution is 6.05. The van der Waals surface area contributed by atoms with Gasteiger partial charge in [-0.1, -0.05) is 38.0 Å². The molecule has 0 aliphatic carbocycles. The molecule has 0 atom stereocenters. The van der Waals surface area contributed by atoms with Crippen LogP contribution in [-0.2, 0) is 6.42 Å². The number of amides is 1. The molecule has 0 fully saturated rings. The van der Waals surface area contributed by atoms with Gasteiger partial charge in [0.05, 0.1) is 0 Å². The van der Waals surface area contributed by atoms with Gasteiger partial charge in [0.2, 0.25) is 0 Å². The van der Waals surface area contributed by atoms with Crippen molar-refractivity contribution in [3.8, 4) is 0 Å². The molecular weight excluding hydrogens is 300 g/mol. The summed E-state index contributed by atoms with van der Waals surface area (Å²) < 4.78 is 0. The fraction of sp³-hybridized carbons (Fsp3) is 0.421. The first-order chi connectivity index (χ1) is 11.8. The van der Waals surface area contributed by atoms with E-state index in [2.05, 4.69) is 28.5 Å². The molecule has 0 saturated carbocycles. The van der Waals surface area contributed by atoms with Crippen LogP contribution in [0.1, 0.15) is 48.7 Å². The topological polar surface area (TPSA) is 58.1 Å². The summed E-state index contributed by atoms with van der Waals surface area (Å²) in [5, 5.41) is 11.5. The third-order valence-corrected chi connectivity index (χ3v) is 4.33. The number of unbranched alkanes of at least 4 members (excludes halogenated alkanes) is 2. The van der Waals surface area contributed by atoms with Crippen LogP contribution in [-0.4, -0.2) is 29.2 Å². The molecule has 0 saturated heterocycles. The molecule has 1 aromatic carbocycles. The highest BCUT2D eigenvalue weighted by Crippen LogP contribution is 2.27. The molecule has 2 heterocycles. The maximum Gasteiger partial charge on any atom is 0.278 e. The van der Waals surface area contributed by atoms with Crippen LogP contribution < -0.4 is 10.2 Å². The van der Waals surface area contributed by atoms with Crippen molar-refractivity contribution in [3.05, 3.63) is 47.7 Å². The second-order valence-electron chi connectivity index (χ2n) is 6.13. The number of hydrogen-bond donors (Lipinski definition) is 1. The van der Waals surface area contributed by atoms with E-state index in [-0.39, 0.29) is 5.91 Å². The molecule has 5 heteroatoms. The van der Waals surface area contributed by atoms with E-state index in [0.717, 1.165) is 43.9 Å². The molecule has 1 N–H and O–H groups in total. The van der Waals surface area contributed by atoms with Gasteiger partial charge < -0.3 is 10.2 Å². The van der Waals surface area contributed by atoms with Crippen molar-refractivity contribution >= 4 is 17.4 Å². The third kappa shape index (κ3) is 3.72. The Morgan fingerprint density at radius 2 is 2.04 bits per heavy atom. The summed E-state index contributed by atoms with van der Waals surface area (Å²) in [6.45, 7) is 3.79. The van der Waals surface area contributed by atoms with Gasteiger partial charge in [-0.3, -0.25) is 4.79 Å². The standard InChI is InChI=1S/C19H24N4O/c1-2-3-6-13-20-18-12-11-16(21-22-18)19(24)23-14-7-9-15-8-4-5-10-17(15)23/h4-5,8,10-12H,2-3,6-7,9,13-14H2,1H3,(H,20,22). The predicted octanol–water partition coefficient (Wildman–Crippen LogP) is 3.67. The molecule has 1 amide bonds. The molecule has 5 nitrogen and oxygen atoms in total. The van der Waals surface area contributed by atoms with Crippen molar-refractivity contribution in [3.63, 3.8) is 0 Å². The monoisotopic (exact) mass is 324 g/mol. The van der Waals surface area contributed by atoms with Crippen molar-refractivity contribution in [1.29, 1.82) is 0 Å². The van der Waals surface area contributed by atoms with E-state index in [4.69, 9.17) is 0 Å². The summed E-state index contributed by atoms with van der Waals surface area (Å²) in [5.41, 5.74) is 2.61. The molecule has 24 heavy (non-hydrogen) atoms. The molecule has 0 radical (unpaired) electrons. The maximum absolute atomic E-state index is 12.8. The van der Waals surface area contributed by atoms with E-state index in [0.29, 0.717) is 5.69 Å². The van der Waals surface area contributed by atoms with Crippen molar-refractivity contribution in [2.75, 3.05) is 23.3 Å². The van der Waals surface area contributed by atoms with E-state index in [1.165, 1.54) is 18.4 Å². The first-order valence-electron chi connectivity index (χ1n) is 8.77. The van der Waals surface area contributed by atoms with Gasteiger partial charge in [-0.05, 0) is 43.0 Å². The van der Waals surface area contributed by atoms with Crippen LogP contribution in [0.2, 0.25) is 0 Å². The molecule has 126 valence electrons. The summed E-state index contributed by atoms with van der Waals surface area (Å²) in [5.74, 6) is 0.647. The summed E-state index contributed by atoms with van der Waals surface area (Å²) in [4.78, 5) is 14.6. The average Bonchev–Trinajstić information content (AvgIpc) is 2.65. The molecule has 0 bridgehead atoms. The first kappa shape index (κ1) is 16.4. The lowest BCUT2D eigenvalue weighted by molar-refractivity contribution is 0.0979. The predicted molar refractivity (Wildman–Crippen MR) is 96.5 cm³/mol. The summed E-state index contributed by atoms with van der Waals surface area (Å²) in [7, 11) is 0.